The largest absolute Gasteiger partial charge is 0.508 e. The van der Waals surface area contributed by atoms with Crippen molar-refractivity contribution >= 4 is 23.2 Å². The summed E-state index contributed by atoms with van der Waals surface area (Å²) in [6.45, 7) is 8.63. The van der Waals surface area contributed by atoms with E-state index in [1.807, 2.05) is 40.9 Å². The number of phenols is 1. The Kier molecular flexibility index (Phi) is 7.34. The van der Waals surface area contributed by atoms with E-state index in [1.54, 1.807) is 0 Å². The number of Topliss-reactive ketones (excluding diaryl/α,β-unsaturated/α-hetero) is 2. The van der Waals surface area contributed by atoms with Crippen molar-refractivity contribution in [2.75, 3.05) is 14.1 Å². The Morgan fingerprint density at radius 3 is 2.33 bits per heavy atom. The molecule has 0 heterocycles. The molecule has 0 spiro atoms. The summed E-state index contributed by atoms with van der Waals surface area (Å²) in [7, 11) is 3.99. The summed E-state index contributed by atoms with van der Waals surface area (Å²) in [5.41, 5.74) is 6.61. The number of hydrogen-bond acceptors (Lipinski definition) is 8. The first-order valence-corrected chi connectivity index (χ1v) is 14.7. The number of hydrogen-bond donors (Lipinski definition) is 5. The smallest absolute Gasteiger partial charge is 0.255 e. The molecule has 3 atom stereocenters. The number of carbonyl (C=O) groups is 3. The number of rotatable bonds is 5. The number of aliphatic hydroxyl groups is 3. The molecule has 6 N–H and O–H groups in total. The second-order valence-electron chi connectivity index (χ2n) is 13.4. The van der Waals surface area contributed by atoms with Crippen LogP contribution in [0, 0.1) is 11.8 Å². The van der Waals surface area contributed by atoms with Gasteiger partial charge in [0.15, 0.2) is 11.4 Å². The number of carbonyl (C=O) groups excluding carboxylic acids is 3. The van der Waals surface area contributed by atoms with Crippen molar-refractivity contribution in [2.45, 2.75) is 70.9 Å². The second kappa shape index (κ2) is 10.3. The summed E-state index contributed by atoms with van der Waals surface area (Å²) in [5, 5.41) is 45.9. The quantitative estimate of drug-likeness (QED) is 0.327. The topological polar surface area (TPSA) is 161 Å². The lowest BCUT2D eigenvalue weighted by molar-refractivity contribution is -0.147. The Balaban J connectivity index is 1.80. The van der Waals surface area contributed by atoms with E-state index < -0.39 is 57.4 Å². The van der Waals surface area contributed by atoms with Crippen LogP contribution in [0.2, 0.25) is 0 Å². The van der Waals surface area contributed by atoms with E-state index in [9.17, 15) is 34.8 Å². The van der Waals surface area contributed by atoms with Crippen molar-refractivity contribution in [3.8, 4) is 16.9 Å². The maximum Gasteiger partial charge on any atom is 0.255 e. The molecule has 0 radical (unpaired) electrons. The van der Waals surface area contributed by atoms with Gasteiger partial charge in [0.25, 0.3) is 5.91 Å². The number of nitrogens with two attached hydrogens (primary N) is 1. The van der Waals surface area contributed by atoms with Gasteiger partial charge < -0.3 is 31.1 Å². The first-order valence-electron chi connectivity index (χ1n) is 14.7. The van der Waals surface area contributed by atoms with Crippen LogP contribution in [0.15, 0.2) is 41.2 Å². The number of aliphatic hydroxyl groups excluding tert-OH is 2. The zero-order valence-corrected chi connectivity index (χ0v) is 25.5. The van der Waals surface area contributed by atoms with Gasteiger partial charge in [-0.05, 0) is 84.6 Å². The van der Waals surface area contributed by atoms with Gasteiger partial charge in [0.1, 0.15) is 22.8 Å². The van der Waals surface area contributed by atoms with E-state index in [4.69, 9.17) is 5.73 Å². The normalized spacial score (nSPS) is 23.8. The standard InChI is InChI=1S/C34H40N2O7/c1-7-17-9-8-16(15-36(5)6)10-20(17)21-14-23(33(2,3)4)28(38)26-22(21)12-18-11-19-13-24(37)27(32(35)42)31(41)34(19,43)30(40)25(18)29(26)39/h8-10,14,18-19,38-39,41,43H,7,11-13,15H2,1-6H3,(H2,35,42)/t18-,19+,34+/m1/s1. The number of amides is 1. The third kappa shape index (κ3) is 4.66. The maximum absolute atomic E-state index is 14.0. The Hall–Kier alpha value is -3.95. The third-order valence-corrected chi connectivity index (χ3v) is 9.22. The van der Waals surface area contributed by atoms with E-state index in [0.717, 1.165) is 28.7 Å². The minimum absolute atomic E-state index is 0.0887. The predicted octanol–water partition coefficient (Wildman–Crippen LogP) is 4.01. The molecule has 9 nitrogen and oxygen atoms in total. The molecule has 43 heavy (non-hydrogen) atoms. The Labute approximate surface area is 251 Å². The average Bonchev–Trinajstić information content (AvgIpc) is 2.89. The monoisotopic (exact) mass is 588 g/mol. The van der Waals surface area contributed by atoms with Gasteiger partial charge in [-0.3, -0.25) is 14.4 Å². The molecular weight excluding hydrogens is 548 g/mol. The molecule has 0 aromatic heterocycles. The van der Waals surface area contributed by atoms with Gasteiger partial charge in [0.05, 0.1) is 5.56 Å². The molecule has 1 saturated carbocycles. The third-order valence-electron chi connectivity index (χ3n) is 9.22. The van der Waals surface area contributed by atoms with Gasteiger partial charge in [-0.2, -0.15) is 0 Å². The van der Waals surface area contributed by atoms with Crippen LogP contribution in [0.4, 0.5) is 0 Å². The zero-order valence-electron chi connectivity index (χ0n) is 25.5. The molecule has 1 fully saturated rings. The number of aromatic hydroxyl groups is 1. The van der Waals surface area contributed by atoms with E-state index in [-0.39, 0.29) is 36.1 Å². The average molecular weight is 589 g/mol. The molecule has 3 aliphatic carbocycles. The molecule has 5 rings (SSSR count). The molecule has 0 unspecified atom stereocenters. The van der Waals surface area contributed by atoms with Crippen molar-refractivity contribution < 1.29 is 34.8 Å². The first-order chi connectivity index (χ1) is 20.0. The highest BCUT2D eigenvalue weighted by atomic mass is 16.3. The molecule has 0 aliphatic heterocycles. The van der Waals surface area contributed by atoms with Crippen LogP contribution in [-0.2, 0) is 39.2 Å². The summed E-state index contributed by atoms with van der Waals surface area (Å²) >= 11 is 0. The molecule has 0 saturated heterocycles. The highest BCUT2D eigenvalue weighted by molar-refractivity contribution is 6.22. The van der Waals surface area contributed by atoms with Crippen molar-refractivity contribution in [3.05, 3.63) is 69.0 Å². The number of aryl methyl sites for hydroxylation is 1. The second-order valence-corrected chi connectivity index (χ2v) is 13.4. The van der Waals surface area contributed by atoms with Gasteiger partial charge in [0.2, 0.25) is 5.78 Å². The minimum atomic E-state index is -2.59. The number of ketones is 2. The van der Waals surface area contributed by atoms with Gasteiger partial charge in [-0.1, -0.05) is 39.8 Å². The molecule has 0 bridgehead atoms. The van der Waals surface area contributed by atoms with Crippen LogP contribution in [-0.4, -0.2) is 62.5 Å². The van der Waals surface area contributed by atoms with Gasteiger partial charge in [-0.15, -0.1) is 0 Å². The minimum Gasteiger partial charge on any atom is -0.508 e. The lowest BCUT2D eigenvalue weighted by Crippen LogP contribution is -2.58. The number of fused-ring (bicyclic) bond motifs is 3. The summed E-state index contributed by atoms with van der Waals surface area (Å²) in [6.07, 6.45) is 0.738. The van der Waals surface area contributed by atoms with Gasteiger partial charge in [-0.25, -0.2) is 0 Å². The summed E-state index contributed by atoms with van der Waals surface area (Å²) < 4.78 is 0. The fourth-order valence-electron chi connectivity index (χ4n) is 7.15. The van der Waals surface area contributed by atoms with Crippen LogP contribution in [0.5, 0.6) is 5.75 Å². The summed E-state index contributed by atoms with van der Waals surface area (Å²) in [5.74, 6) is -6.29. The summed E-state index contributed by atoms with van der Waals surface area (Å²) in [4.78, 5) is 40.8. The van der Waals surface area contributed by atoms with Crippen LogP contribution < -0.4 is 5.73 Å². The fourth-order valence-corrected chi connectivity index (χ4v) is 7.15. The zero-order chi connectivity index (χ0) is 31.8. The molecule has 2 aromatic rings. The number of benzene rings is 2. The molecule has 3 aliphatic rings. The van der Waals surface area contributed by atoms with Crippen LogP contribution in [0.3, 0.4) is 0 Å². The van der Waals surface area contributed by atoms with E-state index in [1.165, 1.54) is 0 Å². The molecule has 9 heteroatoms. The highest BCUT2D eigenvalue weighted by Gasteiger charge is 2.60. The Bertz CT molecular complexity index is 1640. The number of phenolic OH excluding ortho intramolecular Hbond substituents is 1. The molecule has 1 amide bonds. The highest BCUT2D eigenvalue weighted by Crippen LogP contribution is 2.54. The Morgan fingerprint density at radius 2 is 1.74 bits per heavy atom. The summed E-state index contributed by atoms with van der Waals surface area (Å²) in [6, 6.07) is 8.29. The lowest BCUT2D eigenvalue weighted by Gasteiger charge is -2.46. The van der Waals surface area contributed by atoms with Crippen molar-refractivity contribution in [2.24, 2.45) is 17.6 Å². The fraction of sp³-hybridized carbons (Fsp3) is 0.441. The van der Waals surface area contributed by atoms with Gasteiger partial charge in [0, 0.05) is 30.0 Å². The molecular formula is C34H40N2O7. The van der Waals surface area contributed by atoms with Crippen molar-refractivity contribution in [3.63, 3.8) is 0 Å². The lowest BCUT2D eigenvalue weighted by atomic mass is 9.58. The van der Waals surface area contributed by atoms with Gasteiger partial charge >= 0.3 is 0 Å². The van der Waals surface area contributed by atoms with Crippen LogP contribution in [0.25, 0.3) is 16.9 Å². The SMILES string of the molecule is CCc1ccc(CN(C)C)cc1-c1cc(C(C)(C)C)c(O)c2c1C[C@H]1C[C@H]3CC(=O)C(C(N)=O)=C(O)[C@@]3(O)C(=O)C1=C2O. The first kappa shape index (κ1) is 30.5. The van der Waals surface area contributed by atoms with Crippen molar-refractivity contribution in [1.29, 1.82) is 0 Å². The van der Waals surface area contributed by atoms with E-state index in [2.05, 4.69) is 30.0 Å². The maximum atomic E-state index is 14.0. The van der Waals surface area contributed by atoms with Crippen LogP contribution in [0.1, 0.15) is 68.4 Å². The molecule has 2 aromatic carbocycles. The Morgan fingerprint density at radius 1 is 1.07 bits per heavy atom. The van der Waals surface area contributed by atoms with Crippen LogP contribution >= 0.6 is 0 Å². The predicted molar refractivity (Wildman–Crippen MR) is 162 cm³/mol. The van der Waals surface area contributed by atoms with Crippen molar-refractivity contribution in [1.82, 2.24) is 4.90 Å². The number of nitrogens with zero attached hydrogens (tertiary/aromatic N) is 1. The van der Waals surface area contributed by atoms with E-state index in [0.29, 0.717) is 17.7 Å². The van der Waals surface area contributed by atoms with E-state index >= 15 is 0 Å². The number of primary amides is 1. The molecule has 228 valence electrons.